The van der Waals surface area contributed by atoms with Crippen molar-refractivity contribution in [1.29, 1.82) is 0 Å². The van der Waals surface area contributed by atoms with Crippen molar-refractivity contribution in [2.45, 2.75) is 13.0 Å². The van der Waals surface area contributed by atoms with Crippen molar-refractivity contribution >= 4 is 24.1 Å². The summed E-state index contributed by atoms with van der Waals surface area (Å²) < 4.78 is 20.0. The second kappa shape index (κ2) is 7.54. The van der Waals surface area contributed by atoms with Crippen LogP contribution in [0.25, 0.3) is 5.69 Å². The van der Waals surface area contributed by atoms with Crippen LogP contribution in [0.1, 0.15) is 5.69 Å². The Hall–Kier alpha value is -1.96. The van der Waals surface area contributed by atoms with Gasteiger partial charge in [-0.05, 0) is 31.2 Å². The first-order chi connectivity index (χ1) is 10.6. The average Bonchev–Trinajstić information content (AvgIpc) is 2.89. The minimum atomic E-state index is -0.523. The van der Waals surface area contributed by atoms with Crippen molar-refractivity contribution in [3.63, 3.8) is 0 Å². The van der Waals surface area contributed by atoms with Gasteiger partial charge in [-0.1, -0.05) is 0 Å². The molecule has 2 N–H and O–H groups in total. The standard InChI is InChI=1S/C15H17FN4O2.ClH/c1-10-8-14(18-15(21)13-9-17-6-7-22-13)20(19-10)12-4-2-11(16)3-5-12;/h2-5,8,13,17H,6-7,9H2,1H3,(H,18,21);1H. The number of carbonyl (C=O) groups is 1. The first-order valence-electron chi connectivity index (χ1n) is 7.09. The highest BCUT2D eigenvalue weighted by Gasteiger charge is 2.23. The first-order valence-corrected chi connectivity index (χ1v) is 7.09. The van der Waals surface area contributed by atoms with E-state index in [0.29, 0.717) is 24.7 Å². The van der Waals surface area contributed by atoms with E-state index in [-0.39, 0.29) is 24.1 Å². The topological polar surface area (TPSA) is 68.2 Å². The molecule has 0 aliphatic carbocycles. The van der Waals surface area contributed by atoms with E-state index in [2.05, 4.69) is 15.7 Å². The molecule has 0 saturated carbocycles. The van der Waals surface area contributed by atoms with Crippen molar-refractivity contribution in [2.24, 2.45) is 0 Å². The monoisotopic (exact) mass is 340 g/mol. The van der Waals surface area contributed by atoms with Crippen LogP contribution in [0, 0.1) is 12.7 Å². The molecule has 0 bridgehead atoms. The Bertz CT molecular complexity index is 669. The maximum atomic E-state index is 13.0. The van der Waals surface area contributed by atoms with Crippen LogP contribution in [0.3, 0.4) is 0 Å². The molecule has 2 heterocycles. The van der Waals surface area contributed by atoms with Gasteiger partial charge in [0.25, 0.3) is 5.91 Å². The molecule has 6 nitrogen and oxygen atoms in total. The van der Waals surface area contributed by atoms with E-state index < -0.39 is 6.10 Å². The fraction of sp³-hybridized carbons (Fsp3) is 0.333. The zero-order chi connectivity index (χ0) is 15.5. The first kappa shape index (κ1) is 17.4. The molecule has 1 amide bonds. The quantitative estimate of drug-likeness (QED) is 0.892. The lowest BCUT2D eigenvalue weighted by molar-refractivity contribution is -0.128. The molecule has 3 rings (SSSR count). The van der Waals surface area contributed by atoms with E-state index >= 15 is 0 Å². The Morgan fingerprint density at radius 1 is 1.43 bits per heavy atom. The van der Waals surface area contributed by atoms with Gasteiger partial charge < -0.3 is 15.4 Å². The van der Waals surface area contributed by atoms with E-state index in [0.717, 1.165) is 12.2 Å². The number of hydrogen-bond donors (Lipinski definition) is 2. The maximum absolute atomic E-state index is 13.0. The lowest BCUT2D eigenvalue weighted by atomic mass is 10.3. The average molecular weight is 341 g/mol. The van der Waals surface area contributed by atoms with E-state index in [4.69, 9.17) is 4.74 Å². The molecule has 23 heavy (non-hydrogen) atoms. The van der Waals surface area contributed by atoms with Crippen LogP contribution in [0.4, 0.5) is 10.2 Å². The molecular weight excluding hydrogens is 323 g/mol. The third-order valence-electron chi connectivity index (χ3n) is 3.37. The number of ether oxygens (including phenoxy) is 1. The number of nitrogens with zero attached hydrogens (tertiary/aromatic N) is 2. The number of benzene rings is 1. The van der Waals surface area contributed by atoms with E-state index in [1.165, 1.54) is 12.1 Å². The van der Waals surface area contributed by atoms with Crippen molar-refractivity contribution in [3.05, 3.63) is 41.8 Å². The molecule has 1 aromatic heterocycles. The number of amides is 1. The highest BCUT2D eigenvalue weighted by molar-refractivity contribution is 5.94. The molecule has 1 fully saturated rings. The number of halogens is 2. The summed E-state index contributed by atoms with van der Waals surface area (Å²) in [7, 11) is 0. The predicted octanol–water partition coefficient (Wildman–Crippen LogP) is 1.67. The summed E-state index contributed by atoms with van der Waals surface area (Å²) in [5.74, 6) is -0.0152. The van der Waals surface area contributed by atoms with Crippen LogP contribution in [0.2, 0.25) is 0 Å². The van der Waals surface area contributed by atoms with Gasteiger partial charge in [-0.15, -0.1) is 12.4 Å². The third kappa shape index (κ3) is 4.07. The SMILES string of the molecule is Cc1cc(NC(=O)C2CNCCO2)n(-c2ccc(F)cc2)n1.Cl. The summed E-state index contributed by atoms with van der Waals surface area (Å²) in [6.07, 6.45) is -0.523. The Balaban J connectivity index is 0.00000192. The van der Waals surface area contributed by atoms with Crippen molar-refractivity contribution in [1.82, 2.24) is 15.1 Å². The lowest BCUT2D eigenvalue weighted by Crippen LogP contribution is -2.45. The Morgan fingerprint density at radius 3 is 2.83 bits per heavy atom. The lowest BCUT2D eigenvalue weighted by Gasteiger charge is -2.22. The second-order valence-corrected chi connectivity index (χ2v) is 5.11. The largest absolute Gasteiger partial charge is 0.366 e. The number of nitrogens with one attached hydrogen (secondary N) is 2. The second-order valence-electron chi connectivity index (χ2n) is 5.11. The smallest absolute Gasteiger partial charge is 0.255 e. The van der Waals surface area contributed by atoms with E-state index in [1.54, 1.807) is 22.9 Å². The zero-order valence-corrected chi connectivity index (χ0v) is 13.4. The molecule has 1 aromatic carbocycles. The number of aromatic nitrogens is 2. The van der Waals surface area contributed by atoms with Gasteiger partial charge in [-0.25, -0.2) is 9.07 Å². The Labute approximate surface area is 139 Å². The van der Waals surface area contributed by atoms with Gasteiger partial charge in [0.1, 0.15) is 17.7 Å². The molecule has 8 heteroatoms. The van der Waals surface area contributed by atoms with Gasteiger partial charge in [0.2, 0.25) is 0 Å². The fourth-order valence-electron chi connectivity index (χ4n) is 2.31. The van der Waals surface area contributed by atoms with Crippen LogP contribution >= 0.6 is 12.4 Å². The van der Waals surface area contributed by atoms with Gasteiger partial charge >= 0.3 is 0 Å². The van der Waals surface area contributed by atoms with Crippen LogP contribution in [0.15, 0.2) is 30.3 Å². The number of hydrogen-bond acceptors (Lipinski definition) is 4. The van der Waals surface area contributed by atoms with Gasteiger partial charge in [0.05, 0.1) is 18.0 Å². The summed E-state index contributed by atoms with van der Waals surface area (Å²) in [5.41, 5.74) is 1.43. The highest BCUT2D eigenvalue weighted by Crippen LogP contribution is 2.18. The summed E-state index contributed by atoms with van der Waals surface area (Å²) in [6.45, 7) is 3.56. The summed E-state index contributed by atoms with van der Waals surface area (Å²) >= 11 is 0. The molecule has 124 valence electrons. The fourth-order valence-corrected chi connectivity index (χ4v) is 2.31. The van der Waals surface area contributed by atoms with Gasteiger partial charge in [-0.2, -0.15) is 5.10 Å². The minimum absolute atomic E-state index is 0. The maximum Gasteiger partial charge on any atom is 0.255 e. The number of rotatable bonds is 3. The van der Waals surface area contributed by atoms with E-state index in [1.807, 2.05) is 6.92 Å². The van der Waals surface area contributed by atoms with Crippen molar-refractivity contribution < 1.29 is 13.9 Å². The van der Waals surface area contributed by atoms with Gasteiger partial charge in [-0.3, -0.25) is 4.79 Å². The van der Waals surface area contributed by atoms with Crippen LogP contribution in [-0.2, 0) is 9.53 Å². The van der Waals surface area contributed by atoms with Gasteiger partial charge in [0.15, 0.2) is 0 Å². The van der Waals surface area contributed by atoms with Crippen LogP contribution in [0.5, 0.6) is 0 Å². The zero-order valence-electron chi connectivity index (χ0n) is 12.6. The van der Waals surface area contributed by atoms with Crippen molar-refractivity contribution in [3.8, 4) is 5.69 Å². The number of morpholine rings is 1. The molecule has 1 aliphatic rings. The molecule has 0 spiro atoms. The summed E-state index contributed by atoms with van der Waals surface area (Å²) in [4.78, 5) is 12.2. The molecule has 1 atom stereocenters. The third-order valence-corrected chi connectivity index (χ3v) is 3.37. The minimum Gasteiger partial charge on any atom is -0.366 e. The van der Waals surface area contributed by atoms with Crippen molar-refractivity contribution in [2.75, 3.05) is 25.0 Å². The molecule has 1 unspecified atom stereocenters. The summed E-state index contributed by atoms with van der Waals surface area (Å²) in [6, 6.07) is 7.68. The highest BCUT2D eigenvalue weighted by atomic mass is 35.5. The molecular formula is C15H18ClFN4O2. The van der Waals surface area contributed by atoms with Crippen LogP contribution < -0.4 is 10.6 Å². The number of anilines is 1. The predicted molar refractivity (Wildman–Crippen MR) is 86.7 cm³/mol. The number of aryl methyl sites for hydroxylation is 1. The molecule has 1 aliphatic heterocycles. The van der Waals surface area contributed by atoms with E-state index in [9.17, 15) is 9.18 Å². The Morgan fingerprint density at radius 2 is 2.17 bits per heavy atom. The Kier molecular flexibility index (Phi) is 5.70. The van der Waals surface area contributed by atoms with Crippen LogP contribution in [-0.4, -0.2) is 41.5 Å². The number of carbonyl (C=O) groups excluding carboxylic acids is 1. The normalized spacial score (nSPS) is 17.4. The molecule has 0 radical (unpaired) electrons. The molecule has 2 aromatic rings. The summed E-state index contributed by atoms with van der Waals surface area (Å²) in [5, 5.41) is 10.3. The molecule has 1 saturated heterocycles. The van der Waals surface area contributed by atoms with Gasteiger partial charge in [0, 0.05) is 19.2 Å².